The molecule has 4 heteroatoms. The van der Waals surface area contributed by atoms with E-state index in [1.807, 2.05) is 6.07 Å². The summed E-state index contributed by atoms with van der Waals surface area (Å²) >= 11 is 0. The minimum absolute atomic E-state index is 0.112. The van der Waals surface area contributed by atoms with Crippen LogP contribution in [0.15, 0.2) is 30.3 Å². The molecule has 0 aromatic heterocycles. The van der Waals surface area contributed by atoms with Crippen LogP contribution in [0.3, 0.4) is 0 Å². The van der Waals surface area contributed by atoms with E-state index >= 15 is 0 Å². The predicted molar refractivity (Wildman–Crippen MR) is 47.1 cm³/mol. The Hall–Kier alpha value is -1.55. The van der Waals surface area contributed by atoms with Crippen LogP contribution in [0.5, 0.6) is 5.75 Å². The van der Waals surface area contributed by atoms with Crippen LogP contribution in [0.25, 0.3) is 0 Å². The highest BCUT2D eigenvalue weighted by Gasteiger charge is 2.10. The maximum Gasteiger partial charge on any atom is 0.249 e. The first-order valence-electron chi connectivity index (χ1n) is 3.85. The van der Waals surface area contributed by atoms with Crippen LogP contribution in [-0.2, 0) is 4.79 Å². The van der Waals surface area contributed by atoms with Crippen LogP contribution in [0.4, 0.5) is 0 Å². The van der Waals surface area contributed by atoms with Gasteiger partial charge in [0, 0.05) is 0 Å². The molecule has 0 fully saturated rings. The quantitative estimate of drug-likeness (QED) is 0.682. The van der Waals surface area contributed by atoms with Gasteiger partial charge in [-0.05, 0) is 12.1 Å². The number of nitrogens with two attached hydrogens (primary N) is 1. The Morgan fingerprint density at radius 3 is 2.62 bits per heavy atom. The summed E-state index contributed by atoms with van der Waals surface area (Å²) in [6.07, 6.45) is -1.25. The van der Waals surface area contributed by atoms with Crippen LogP contribution in [0.1, 0.15) is 0 Å². The van der Waals surface area contributed by atoms with Gasteiger partial charge in [-0.1, -0.05) is 18.2 Å². The Morgan fingerprint density at radius 2 is 2.08 bits per heavy atom. The summed E-state index contributed by atoms with van der Waals surface area (Å²) in [5.41, 5.74) is 4.83. The zero-order valence-electron chi connectivity index (χ0n) is 7.01. The third-order valence-corrected chi connectivity index (χ3v) is 1.48. The van der Waals surface area contributed by atoms with E-state index in [2.05, 4.69) is 0 Å². The van der Waals surface area contributed by atoms with Gasteiger partial charge in [-0.2, -0.15) is 0 Å². The Bertz CT molecular complexity index is 273. The number of aliphatic hydroxyl groups is 1. The maximum absolute atomic E-state index is 10.4. The molecule has 1 amide bonds. The molecule has 0 aliphatic heterocycles. The largest absolute Gasteiger partial charge is 0.490 e. The molecule has 0 bridgehead atoms. The SMILES string of the molecule is NC(=O)C(O)COc1ccccc1. The number of hydrogen-bond donors (Lipinski definition) is 2. The molecule has 1 rings (SSSR count). The second kappa shape index (κ2) is 4.47. The van der Waals surface area contributed by atoms with E-state index in [-0.39, 0.29) is 6.61 Å². The summed E-state index contributed by atoms with van der Waals surface area (Å²) in [5, 5.41) is 8.99. The fraction of sp³-hybridized carbons (Fsp3) is 0.222. The van der Waals surface area contributed by atoms with Gasteiger partial charge in [-0.25, -0.2) is 0 Å². The van der Waals surface area contributed by atoms with Gasteiger partial charge >= 0.3 is 0 Å². The summed E-state index contributed by atoms with van der Waals surface area (Å²) in [5.74, 6) is -0.182. The number of rotatable bonds is 4. The van der Waals surface area contributed by atoms with Crippen molar-refractivity contribution in [2.45, 2.75) is 6.10 Å². The molecule has 13 heavy (non-hydrogen) atoms. The lowest BCUT2D eigenvalue weighted by molar-refractivity contribution is -0.127. The molecule has 0 spiro atoms. The first-order chi connectivity index (χ1) is 6.20. The van der Waals surface area contributed by atoms with Crippen molar-refractivity contribution in [3.05, 3.63) is 30.3 Å². The molecule has 70 valence electrons. The summed E-state index contributed by atoms with van der Waals surface area (Å²) in [6, 6.07) is 8.90. The van der Waals surface area contributed by atoms with E-state index in [4.69, 9.17) is 15.6 Å². The van der Waals surface area contributed by atoms with E-state index < -0.39 is 12.0 Å². The molecule has 0 saturated heterocycles. The van der Waals surface area contributed by atoms with Gasteiger partial charge in [-0.3, -0.25) is 4.79 Å². The van der Waals surface area contributed by atoms with Crippen molar-refractivity contribution >= 4 is 5.91 Å². The molecule has 0 aliphatic carbocycles. The van der Waals surface area contributed by atoms with Gasteiger partial charge in [0.2, 0.25) is 5.91 Å². The average molecular weight is 181 g/mol. The van der Waals surface area contributed by atoms with Gasteiger partial charge in [0.1, 0.15) is 12.4 Å². The van der Waals surface area contributed by atoms with Crippen molar-refractivity contribution in [2.24, 2.45) is 5.73 Å². The Morgan fingerprint density at radius 1 is 1.46 bits per heavy atom. The lowest BCUT2D eigenvalue weighted by atomic mass is 10.3. The van der Waals surface area contributed by atoms with Gasteiger partial charge < -0.3 is 15.6 Å². The van der Waals surface area contributed by atoms with Crippen molar-refractivity contribution in [3.63, 3.8) is 0 Å². The van der Waals surface area contributed by atoms with Crippen molar-refractivity contribution in [1.82, 2.24) is 0 Å². The molecule has 1 unspecified atom stereocenters. The maximum atomic E-state index is 10.4. The zero-order chi connectivity index (χ0) is 9.68. The third kappa shape index (κ3) is 3.13. The topological polar surface area (TPSA) is 72.6 Å². The lowest BCUT2D eigenvalue weighted by Crippen LogP contribution is -2.33. The summed E-state index contributed by atoms with van der Waals surface area (Å²) in [4.78, 5) is 10.4. The number of benzene rings is 1. The second-order valence-electron chi connectivity index (χ2n) is 2.54. The molecular weight excluding hydrogens is 170 g/mol. The number of ether oxygens (including phenoxy) is 1. The average Bonchev–Trinajstić information content (AvgIpc) is 2.15. The van der Waals surface area contributed by atoms with Crippen LogP contribution in [0.2, 0.25) is 0 Å². The van der Waals surface area contributed by atoms with E-state index in [9.17, 15) is 4.79 Å². The van der Waals surface area contributed by atoms with Gasteiger partial charge in [0.05, 0.1) is 0 Å². The number of carbonyl (C=O) groups excluding carboxylic acids is 1. The van der Waals surface area contributed by atoms with Crippen LogP contribution in [0, 0.1) is 0 Å². The molecule has 0 heterocycles. The minimum atomic E-state index is -1.25. The first-order valence-corrected chi connectivity index (χ1v) is 3.85. The minimum Gasteiger partial charge on any atom is -0.490 e. The normalized spacial score (nSPS) is 12.1. The Balaban J connectivity index is 2.39. The fourth-order valence-electron chi connectivity index (χ4n) is 0.774. The molecule has 0 radical (unpaired) electrons. The zero-order valence-corrected chi connectivity index (χ0v) is 7.01. The van der Waals surface area contributed by atoms with E-state index in [1.165, 1.54) is 0 Å². The summed E-state index contributed by atoms with van der Waals surface area (Å²) < 4.78 is 5.08. The summed E-state index contributed by atoms with van der Waals surface area (Å²) in [7, 11) is 0. The van der Waals surface area contributed by atoms with Crippen molar-refractivity contribution in [1.29, 1.82) is 0 Å². The molecule has 3 N–H and O–H groups in total. The van der Waals surface area contributed by atoms with E-state index in [0.717, 1.165) is 0 Å². The third-order valence-electron chi connectivity index (χ3n) is 1.48. The van der Waals surface area contributed by atoms with Gasteiger partial charge in [-0.15, -0.1) is 0 Å². The summed E-state index contributed by atoms with van der Waals surface area (Å²) in [6.45, 7) is -0.112. The lowest BCUT2D eigenvalue weighted by Gasteiger charge is -2.08. The van der Waals surface area contributed by atoms with Crippen molar-refractivity contribution in [3.8, 4) is 5.75 Å². The molecular formula is C9H11NO3. The van der Waals surface area contributed by atoms with Crippen LogP contribution in [-0.4, -0.2) is 23.7 Å². The molecule has 0 saturated carbocycles. The second-order valence-corrected chi connectivity index (χ2v) is 2.54. The first kappa shape index (κ1) is 9.54. The molecule has 4 nitrogen and oxygen atoms in total. The van der Waals surface area contributed by atoms with Crippen molar-refractivity contribution < 1.29 is 14.6 Å². The van der Waals surface area contributed by atoms with Gasteiger partial charge in [0.15, 0.2) is 6.10 Å². The number of para-hydroxylation sites is 1. The number of amides is 1. The van der Waals surface area contributed by atoms with Crippen LogP contribution < -0.4 is 10.5 Å². The highest BCUT2D eigenvalue weighted by Crippen LogP contribution is 2.08. The highest BCUT2D eigenvalue weighted by atomic mass is 16.5. The van der Waals surface area contributed by atoms with Crippen LogP contribution >= 0.6 is 0 Å². The van der Waals surface area contributed by atoms with E-state index in [1.54, 1.807) is 24.3 Å². The highest BCUT2D eigenvalue weighted by molar-refractivity contribution is 5.78. The standard InChI is InChI=1S/C9H11NO3/c10-9(12)8(11)6-13-7-4-2-1-3-5-7/h1-5,8,11H,6H2,(H2,10,12). The Kier molecular flexibility index (Phi) is 3.28. The fourth-order valence-corrected chi connectivity index (χ4v) is 0.774. The smallest absolute Gasteiger partial charge is 0.249 e. The molecule has 1 aromatic carbocycles. The van der Waals surface area contributed by atoms with Gasteiger partial charge in [0.25, 0.3) is 0 Å². The molecule has 1 aromatic rings. The predicted octanol–water partition coefficient (Wildman–Crippen LogP) is -0.0884. The number of hydrogen-bond acceptors (Lipinski definition) is 3. The number of primary amides is 1. The van der Waals surface area contributed by atoms with Crippen molar-refractivity contribution in [2.75, 3.05) is 6.61 Å². The monoisotopic (exact) mass is 181 g/mol. The molecule has 0 aliphatic rings. The molecule has 1 atom stereocenters. The Labute approximate surface area is 75.9 Å². The number of aliphatic hydroxyl groups excluding tert-OH is 1. The number of carbonyl (C=O) groups is 1. The van der Waals surface area contributed by atoms with E-state index in [0.29, 0.717) is 5.75 Å².